The van der Waals surface area contributed by atoms with E-state index >= 15 is 0 Å². The molecule has 2 aromatic rings. The SMILES string of the molecule is CC(CO)C(C)NC(=O)c1ccc(Oc2ccccc2)nc1. The molecule has 22 heavy (non-hydrogen) atoms. The Hall–Kier alpha value is -2.40. The zero-order chi connectivity index (χ0) is 15.9. The average Bonchev–Trinajstić information content (AvgIpc) is 2.55. The molecule has 0 aliphatic carbocycles. The number of aliphatic hydroxyl groups is 1. The van der Waals surface area contributed by atoms with Crippen molar-refractivity contribution in [1.29, 1.82) is 0 Å². The van der Waals surface area contributed by atoms with Gasteiger partial charge in [-0.25, -0.2) is 4.98 Å². The van der Waals surface area contributed by atoms with E-state index in [2.05, 4.69) is 10.3 Å². The third-order valence-corrected chi connectivity index (χ3v) is 3.46. The molecule has 5 nitrogen and oxygen atoms in total. The molecule has 116 valence electrons. The van der Waals surface area contributed by atoms with Gasteiger partial charge in [-0.2, -0.15) is 0 Å². The van der Waals surface area contributed by atoms with Crippen molar-refractivity contribution in [3.05, 3.63) is 54.2 Å². The Labute approximate surface area is 130 Å². The zero-order valence-corrected chi connectivity index (χ0v) is 12.7. The number of ether oxygens (including phenoxy) is 1. The second-order valence-corrected chi connectivity index (χ2v) is 5.22. The Balaban J connectivity index is 1.98. The van der Waals surface area contributed by atoms with Crippen LogP contribution in [0, 0.1) is 5.92 Å². The molecule has 1 heterocycles. The van der Waals surface area contributed by atoms with Gasteiger partial charge in [0.05, 0.1) is 5.56 Å². The molecule has 0 radical (unpaired) electrons. The molecule has 1 aromatic heterocycles. The molecule has 0 aliphatic heterocycles. The minimum absolute atomic E-state index is 0.00223. The van der Waals surface area contributed by atoms with E-state index in [1.54, 1.807) is 12.1 Å². The van der Waals surface area contributed by atoms with Gasteiger partial charge >= 0.3 is 0 Å². The van der Waals surface area contributed by atoms with Gasteiger partial charge < -0.3 is 15.2 Å². The maximum atomic E-state index is 12.1. The lowest BCUT2D eigenvalue weighted by Gasteiger charge is -2.19. The number of rotatable bonds is 6. The molecule has 2 atom stereocenters. The van der Waals surface area contributed by atoms with Gasteiger partial charge in [-0.3, -0.25) is 4.79 Å². The van der Waals surface area contributed by atoms with Gasteiger partial charge in [0.2, 0.25) is 5.88 Å². The Morgan fingerprint density at radius 1 is 1.23 bits per heavy atom. The van der Waals surface area contributed by atoms with E-state index in [9.17, 15) is 4.79 Å². The van der Waals surface area contributed by atoms with Crippen LogP contribution in [0.15, 0.2) is 48.7 Å². The number of aromatic nitrogens is 1. The zero-order valence-electron chi connectivity index (χ0n) is 12.7. The number of carbonyl (C=O) groups is 1. The molecule has 0 saturated heterocycles. The highest BCUT2D eigenvalue weighted by molar-refractivity contribution is 5.94. The molecular formula is C17H20N2O3. The van der Waals surface area contributed by atoms with E-state index in [-0.39, 0.29) is 24.5 Å². The lowest BCUT2D eigenvalue weighted by atomic mass is 10.0. The number of hydrogen-bond acceptors (Lipinski definition) is 4. The summed E-state index contributed by atoms with van der Waals surface area (Å²) in [4.78, 5) is 16.2. The molecule has 0 spiro atoms. The van der Waals surface area contributed by atoms with Crippen molar-refractivity contribution in [2.24, 2.45) is 5.92 Å². The van der Waals surface area contributed by atoms with Crippen molar-refractivity contribution in [2.75, 3.05) is 6.61 Å². The average molecular weight is 300 g/mol. The standard InChI is InChI=1S/C17H20N2O3/c1-12(11-20)13(2)19-17(21)14-8-9-16(18-10-14)22-15-6-4-3-5-7-15/h3-10,12-13,20H,11H2,1-2H3,(H,19,21). The summed E-state index contributed by atoms with van der Waals surface area (Å²) < 4.78 is 5.57. The highest BCUT2D eigenvalue weighted by Crippen LogP contribution is 2.18. The second-order valence-electron chi connectivity index (χ2n) is 5.22. The number of para-hydroxylation sites is 1. The number of amides is 1. The molecule has 1 amide bonds. The molecule has 2 N–H and O–H groups in total. The first-order valence-electron chi connectivity index (χ1n) is 7.21. The predicted molar refractivity (Wildman–Crippen MR) is 83.9 cm³/mol. The number of aliphatic hydroxyl groups excluding tert-OH is 1. The van der Waals surface area contributed by atoms with Crippen LogP contribution in [0.4, 0.5) is 0 Å². The maximum Gasteiger partial charge on any atom is 0.253 e. The topological polar surface area (TPSA) is 71.5 Å². The van der Waals surface area contributed by atoms with Crippen molar-refractivity contribution in [3.63, 3.8) is 0 Å². The Kier molecular flexibility index (Phi) is 5.49. The third kappa shape index (κ3) is 4.30. The first-order chi connectivity index (χ1) is 10.6. The lowest BCUT2D eigenvalue weighted by molar-refractivity contribution is 0.0916. The maximum absolute atomic E-state index is 12.1. The lowest BCUT2D eigenvalue weighted by Crippen LogP contribution is -2.38. The summed E-state index contributed by atoms with van der Waals surface area (Å²) in [6.45, 7) is 3.77. The predicted octanol–water partition coefficient (Wildman–Crippen LogP) is 2.62. The summed E-state index contributed by atoms with van der Waals surface area (Å²) in [5, 5.41) is 11.9. The Morgan fingerprint density at radius 3 is 2.55 bits per heavy atom. The molecule has 0 fully saturated rings. The van der Waals surface area contributed by atoms with Crippen molar-refractivity contribution in [3.8, 4) is 11.6 Å². The molecule has 0 aliphatic rings. The van der Waals surface area contributed by atoms with E-state index in [1.807, 2.05) is 44.2 Å². The number of carbonyl (C=O) groups excluding carboxylic acids is 1. The minimum atomic E-state index is -0.216. The number of benzene rings is 1. The number of hydrogen-bond donors (Lipinski definition) is 2. The van der Waals surface area contributed by atoms with Gasteiger partial charge in [0.15, 0.2) is 0 Å². The van der Waals surface area contributed by atoms with Gasteiger partial charge in [0.25, 0.3) is 5.91 Å². The molecule has 0 saturated carbocycles. The summed E-state index contributed by atoms with van der Waals surface area (Å²) in [6.07, 6.45) is 1.48. The van der Waals surface area contributed by atoms with Crippen molar-refractivity contribution < 1.29 is 14.6 Å². The summed E-state index contributed by atoms with van der Waals surface area (Å²) in [5.41, 5.74) is 0.456. The summed E-state index contributed by atoms with van der Waals surface area (Å²) in [6, 6.07) is 12.5. The third-order valence-electron chi connectivity index (χ3n) is 3.46. The monoisotopic (exact) mass is 300 g/mol. The van der Waals surface area contributed by atoms with E-state index in [0.29, 0.717) is 17.2 Å². The van der Waals surface area contributed by atoms with E-state index in [4.69, 9.17) is 9.84 Å². The van der Waals surface area contributed by atoms with Crippen LogP contribution in [-0.4, -0.2) is 28.6 Å². The highest BCUT2D eigenvalue weighted by atomic mass is 16.5. The van der Waals surface area contributed by atoms with Gasteiger partial charge in [0, 0.05) is 24.9 Å². The summed E-state index contributed by atoms with van der Waals surface area (Å²) in [5.74, 6) is 0.904. The largest absolute Gasteiger partial charge is 0.439 e. The van der Waals surface area contributed by atoms with Gasteiger partial charge in [-0.05, 0) is 31.0 Å². The number of nitrogens with one attached hydrogen (secondary N) is 1. The Morgan fingerprint density at radius 2 is 1.95 bits per heavy atom. The van der Waals surface area contributed by atoms with Crippen LogP contribution in [0.3, 0.4) is 0 Å². The number of nitrogens with zero attached hydrogens (tertiary/aromatic N) is 1. The van der Waals surface area contributed by atoms with Crippen molar-refractivity contribution in [1.82, 2.24) is 10.3 Å². The fourth-order valence-electron chi connectivity index (χ4n) is 1.77. The minimum Gasteiger partial charge on any atom is -0.439 e. The fourth-order valence-corrected chi connectivity index (χ4v) is 1.77. The van der Waals surface area contributed by atoms with Crippen molar-refractivity contribution in [2.45, 2.75) is 19.9 Å². The highest BCUT2D eigenvalue weighted by Gasteiger charge is 2.15. The van der Waals surface area contributed by atoms with E-state index in [0.717, 1.165) is 0 Å². The smallest absolute Gasteiger partial charge is 0.253 e. The summed E-state index contributed by atoms with van der Waals surface area (Å²) in [7, 11) is 0. The Bertz CT molecular complexity index is 599. The van der Waals surface area contributed by atoms with Gasteiger partial charge in [0.1, 0.15) is 5.75 Å². The van der Waals surface area contributed by atoms with Crippen LogP contribution >= 0.6 is 0 Å². The first kappa shape index (κ1) is 16.0. The van der Waals surface area contributed by atoms with Gasteiger partial charge in [-0.15, -0.1) is 0 Å². The molecule has 1 aromatic carbocycles. The van der Waals surface area contributed by atoms with Crippen LogP contribution in [0.1, 0.15) is 24.2 Å². The van der Waals surface area contributed by atoms with E-state index < -0.39 is 0 Å². The molecule has 2 rings (SSSR count). The summed E-state index contributed by atoms with van der Waals surface area (Å²) >= 11 is 0. The van der Waals surface area contributed by atoms with Crippen LogP contribution in [0.25, 0.3) is 0 Å². The number of pyridine rings is 1. The van der Waals surface area contributed by atoms with Crippen LogP contribution in [0.2, 0.25) is 0 Å². The molecule has 2 unspecified atom stereocenters. The second kappa shape index (κ2) is 7.56. The van der Waals surface area contributed by atoms with Crippen LogP contribution in [0.5, 0.6) is 11.6 Å². The van der Waals surface area contributed by atoms with Crippen LogP contribution in [-0.2, 0) is 0 Å². The van der Waals surface area contributed by atoms with Gasteiger partial charge in [-0.1, -0.05) is 25.1 Å². The van der Waals surface area contributed by atoms with E-state index in [1.165, 1.54) is 6.20 Å². The first-order valence-corrected chi connectivity index (χ1v) is 7.21. The normalized spacial score (nSPS) is 13.2. The molecular weight excluding hydrogens is 280 g/mol. The van der Waals surface area contributed by atoms with Crippen LogP contribution < -0.4 is 10.1 Å². The molecule has 5 heteroatoms. The fraction of sp³-hybridized carbons (Fsp3) is 0.294. The van der Waals surface area contributed by atoms with Crippen molar-refractivity contribution >= 4 is 5.91 Å². The quantitative estimate of drug-likeness (QED) is 0.860. The molecule has 0 bridgehead atoms.